The zero-order valence-electron chi connectivity index (χ0n) is 10.4. The zero-order valence-corrected chi connectivity index (χ0v) is 12.7. The fraction of sp³-hybridized carbons (Fsp3) is 0.250. The molecule has 0 aromatic heterocycles. The quantitative estimate of drug-likeness (QED) is 0.664. The maximum absolute atomic E-state index is 5.92. The summed E-state index contributed by atoms with van der Waals surface area (Å²) in [6.07, 6.45) is 1.03. The molecular formula is C16H16BrCl. The lowest BCUT2D eigenvalue weighted by Crippen LogP contribution is -2.06. The fourth-order valence-corrected chi connectivity index (χ4v) is 2.90. The van der Waals surface area contributed by atoms with Crippen LogP contribution in [0.15, 0.2) is 48.5 Å². The van der Waals surface area contributed by atoms with Crippen LogP contribution < -0.4 is 0 Å². The van der Waals surface area contributed by atoms with Crippen LogP contribution in [0.5, 0.6) is 0 Å². The minimum atomic E-state index is 0.507. The van der Waals surface area contributed by atoms with Gasteiger partial charge in [0.25, 0.3) is 0 Å². The number of benzene rings is 2. The Labute approximate surface area is 122 Å². The largest absolute Gasteiger partial charge is 0.0921 e. The van der Waals surface area contributed by atoms with E-state index in [1.165, 1.54) is 16.7 Å². The molecule has 0 heterocycles. The van der Waals surface area contributed by atoms with Gasteiger partial charge >= 0.3 is 0 Å². The van der Waals surface area contributed by atoms with Gasteiger partial charge in [0, 0.05) is 10.4 Å². The minimum absolute atomic E-state index is 0.507. The monoisotopic (exact) mass is 322 g/mol. The predicted octanol–water partition coefficient (Wildman–Crippen LogP) is 5.37. The first-order valence-corrected chi connectivity index (χ1v) is 7.56. The topological polar surface area (TPSA) is 0 Å². The van der Waals surface area contributed by atoms with Crippen molar-refractivity contribution in [2.45, 2.75) is 19.3 Å². The molecule has 0 aliphatic heterocycles. The van der Waals surface area contributed by atoms with Gasteiger partial charge in [-0.3, -0.25) is 0 Å². The highest BCUT2D eigenvalue weighted by molar-refractivity contribution is 9.09. The second-order valence-corrected chi connectivity index (χ2v) is 5.62. The van der Waals surface area contributed by atoms with Gasteiger partial charge < -0.3 is 0 Å². The lowest BCUT2D eigenvalue weighted by molar-refractivity contribution is 0.769. The summed E-state index contributed by atoms with van der Waals surface area (Å²) >= 11 is 9.55. The van der Waals surface area contributed by atoms with Crippen LogP contribution in [0.1, 0.15) is 22.6 Å². The molecule has 2 aromatic carbocycles. The van der Waals surface area contributed by atoms with Gasteiger partial charge in [-0.1, -0.05) is 63.9 Å². The summed E-state index contributed by atoms with van der Waals surface area (Å²) in [7, 11) is 0. The molecule has 0 aliphatic carbocycles. The van der Waals surface area contributed by atoms with Crippen molar-refractivity contribution in [2.24, 2.45) is 0 Å². The van der Waals surface area contributed by atoms with Crippen molar-refractivity contribution in [1.29, 1.82) is 0 Å². The summed E-state index contributed by atoms with van der Waals surface area (Å²) in [6.45, 7) is 2.17. The highest BCUT2D eigenvalue weighted by atomic mass is 79.9. The Kier molecular flexibility index (Phi) is 4.85. The molecule has 2 heteroatoms. The maximum Gasteiger partial charge on any atom is 0.0406 e. The zero-order chi connectivity index (χ0) is 13.0. The standard InChI is InChI=1S/C16H16BrCl/c1-12-4-2-3-5-16(12)14(11-17)10-13-6-8-15(18)9-7-13/h2-9,14H,10-11H2,1H3. The molecule has 0 saturated carbocycles. The molecule has 0 N–H and O–H groups in total. The van der Waals surface area contributed by atoms with E-state index in [9.17, 15) is 0 Å². The molecule has 0 aliphatic rings. The van der Waals surface area contributed by atoms with E-state index in [0.29, 0.717) is 5.92 Å². The molecule has 0 saturated heterocycles. The lowest BCUT2D eigenvalue weighted by Gasteiger charge is -2.17. The highest BCUT2D eigenvalue weighted by Gasteiger charge is 2.12. The van der Waals surface area contributed by atoms with Crippen molar-refractivity contribution in [2.75, 3.05) is 5.33 Å². The number of hydrogen-bond donors (Lipinski definition) is 0. The van der Waals surface area contributed by atoms with E-state index >= 15 is 0 Å². The average molecular weight is 324 g/mol. The first kappa shape index (κ1) is 13.6. The average Bonchev–Trinajstić information content (AvgIpc) is 2.39. The molecule has 0 bridgehead atoms. The van der Waals surface area contributed by atoms with E-state index in [0.717, 1.165) is 16.8 Å². The van der Waals surface area contributed by atoms with Gasteiger partial charge in [0.05, 0.1) is 0 Å². The molecule has 94 valence electrons. The van der Waals surface area contributed by atoms with Gasteiger partial charge in [0.15, 0.2) is 0 Å². The second kappa shape index (κ2) is 6.40. The summed E-state index contributed by atoms with van der Waals surface area (Å²) in [5, 5.41) is 1.77. The molecule has 0 amide bonds. The van der Waals surface area contributed by atoms with Crippen LogP contribution in [0.25, 0.3) is 0 Å². The van der Waals surface area contributed by atoms with E-state index in [4.69, 9.17) is 11.6 Å². The molecule has 1 atom stereocenters. The molecule has 0 fully saturated rings. The van der Waals surface area contributed by atoms with Crippen molar-refractivity contribution >= 4 is 27.5 Å². The summed E-state index contributed by atoms with van der Waals surface area (Å²) in [5.41, 5.74) is 4.10. The SMILES string of the molecule is Cc1ccccc1C(CBr)Cc1ccc(Cl)cc1. The molecule has 18 heavy (non-hydrogen) atoms. The number of aryl methyl sites for hydroxylation is 1. The Hall–Kier alpha value is -0.790. The number of rotatable bonds is 4. The van der Waals surface area contributed by atoms with Crippen molar-refractivity contribution in [3.63, 3.8) is 0 Å². The van der Waals surface area contributed by atoms with Crippen LogP contribution in [-0.2, 0) is 6.42 Å². The molecular weight excluding hydrogens is 308 g/mol. The molecule has 0 nitrogen and oxygen atoms in total. The van der Waals surface area contributed by atoms with Gasteiger partial charge in [-0.15, -0.1) is 0 Å². The molecule has 1 unspecified atom stereocenters. The first-order valence-electron chi connectivity index (χ1n) is 6.06. The van der Waals surface area contributed by atoms with Crippen molar-refractivity contribution < 1.29 is 0 Å². The Morgan fingerprint density at radius 2 is 1.72 bits per heavy atom. The summed E-state index contributed by atoms with van der Waals surface area (Å²) in [4.78, 5) is 0. The summed E-state index contributed by atoms with van der Waals surface area (Å²) in [6, 6.07) is 16.7. The van der Waals surface area contributed by atoms with E-state index in [1.54, 1.807) is 0 Å². The van der Waals surface area contributed by atoms with Crippen molar-refractivity contribution in [1.82, 2.24) is 0 Å². The van der Waals surface area contributed by atoms with Gasteiger partial charge in [-0.25, -0.2) is 0 Å². The van der Waals surface area contributed by atoms with E-state index < -0.39 is 0 Å². The van der Waals surface area contributed by atoms with Gasteiger partial charge in [-0.2, -0.15) is 0 Å². The van der Waals surface area contributed by atoms with Gasteiger partial charge in [-0.05, 0) is 48.1 Å². The second-order valence-electron chi connectivity index (χ2n) is 4.54. The Balaban J connectivity index is 2.20. The molecule has 0 spiro atoms. The third-order valence-electron chi connectivity index (χ3n) is 3.21. The van der Waals surface area contributed by atoms with Crippen LogP contribution in [0.2, 0.25) is 5.02 Å². The maximum atomic E-state index is 5.92. The molecule has 2 aromatic rings. The number of alkyl halides is 1. The third-order valence-corrected chi connectivity index (χ3v) is 4.24. The van der Waals surface area contributed by atoms with Crippen LogP contribution in [0.3, 0.4) is 0 Å². The Bertz CT molecular complexity index is 505. The third kappa shape index (κ3) is 3.37. The van der Waals surface area contributed by atoms with E-state index in [1.807, 2.05) is 12.1 Å². The Morgan fingerprint density at radius 3 is 2.33 bits per heavy atom. The van der Waals surface area contributed by atoms with Crippen LogP contribution >= 0.6 is 27.5 Å². The van der Waals surface area contributed by atoms with Gasteiger partial charge in [0.2, 0.25) is 0 Å². The lowest BCUT2D eigenvalue weighted by atomic mass is 9.91. The number of halogens is 2. The van der Waals surface area contributed by atoms with E-state index in [-0.39, 0.29) is 0 Å². The van der Waals surface area contributed by atoms with E-state index in [2.05, 4.69) is 59.3 Å². The van der Waals surface area contributed by atoms with Crippen molar-refractivity contribution in [3.8, 4) is 0 Å². The van der Waals surface area contributed by atoms with Crippen LogP contribution in [-0.4, -0.2) is 5.33 Å². The summed E-state index contributed by atoms with van der Waals surface area (Å²) < 4.78 is 0. The minimum Gasteiger partial charge on any atom is -0.0921 e. The predicted molar refractivity (Wildman–Crippen MR) is 82.9 cm³/mol. The fourth-order valence-electron chi connectivity index (χ4n) is 2.20. The Morgan fingerprint density at radius 1 is 1.06 bits per heavy atom. The smallest absolute Gasteiger partial charge is 0.0406 e. The van der Waals surface area contributed by atoms with Crippen molar-refractivity contribution in [3.05, 3.63) is 70.2 Å². The normalized spacial score (nSPS) is 12.4. The van der Waals surface area contributed by atoms with Crippen LogP contribution in [0, 0.1) is 6.92 Å². The number of hydrogen-bond acceptors (Lipinski definition) is 0. The highest BCUT2D eigenvalue weighted by Crippen LogP contribution is 2.26. The van der Waals surface area contributed by atoms with Gasteiger partial charge in [0.1, 0.15) is 0 Å². The molecule has 0 radical (unpaired) electrons. The first-order chi connectivity index (χ1) is 8.70. The summed E-state index contributed by atoms with van der Waals surface area (Å²) in [5.74, 6) is 0.507. The molecule has 2 rings (SSSR count). The van der Waals surface area contributed by atoms with Crippen LogP contribution in [0.4, 0.5) is 0 Å².